The molecule has 1 unspecified atom stereocenters. The molecule has 20 heavy (non-hydrogen) atoms. The van der Waals surface area contributed by atoms with E-state index in [1.165, 1.54) is 0 Å². The van der Waals surface area contributed by atoms with Crippen molar-refractivity contribution in [1.29, 1.82) is 0 Å². The van der Waals surface area contributed by atoms with E-state index in [4.69, 9.17) is 0 Å². The molecule has 0 radical (unpaired) electrons. The lowest BCUT2D eigenvalue weighted by Gasteiger charge is -2.26. The predicted molar refractivity (Wildman–Crippen MR) is 81.9 cm³/mol. The van der Waals surface area contributed by atoms with E-state index in [9.17, 15) is 4.79 Å². The molecule has 106 valence electrons. The average Bonchev–Trinajstić information content (AvgIpc) is 3.04. The predicted octanol–water partition coefficient (Wildman–Crippen LogP) is 2.95. The number of fused-ring (bicyclic) bond motifs is 1. The van der Waals surface area contributed by atoms with Crippen LogP contribution in [0.25, 0.3) is 10.9 Å². The lowest BCUT2D eigenvalue weighted by Crippen LogP contribution is -2.50. The minimum Gasteiger partial charge on any atom is -0.359 e. The lowest BCUT2D eigenvalue weighted by molar-refractivity contribution is -0.122. The molecule has 3 rings (SSSR count). The third kappa shape index (κ3) is 2.20. The summed E-state index contributed by atoms with van der Waals surface area (Å²) in [5, 5.41) is 7.55. The molecule has 0 aliphatic carbocycles. The largest absolute Gasteiger partial charge is 0.359 e. The number of hydrogen-bond acceptors (Lipinski definition) is 2. The standard InChI is InChI=1S/C16H21N3O/c1-3-16(7-4-8-17-16)15(20)19-13-5-6-14-12(10-13)9-11(2)18-14/h5-6,9-10,17-18H,3-4,7-8H2,1-2H3,(H,19,20). The summed E-state index contributed by atoms with van der Waals surface area (Å²) in [5.74, 6) is 0.0871. The number of anilines is 1. The van der Waals surface area contributed by atoms with E-state index >= 15 is 0 Å². The zero-order chi connectivity index (χ0) is 14.2. The minimum absolute atomic E-state index is 0.0871. The van der Waals surface area contributed by atoms with Gasteiger partial charge in [-0.1, -0.05) is 6.92 Å². The second-order valence-electron chi connectivity index (χ2n) is 5.67. The summed E-state index contributed by atoms with van der Waals surface area (Å²) in [5.41, 5.74) is 2.71. The molecule has 4 nitrogen and oxygen atoms in total. The van der Waals surface area contributed by atoms with E-state index in [1.807, 2.05) is 25.1 Å². The third-order valence-electron chi connectivity index (χ3n) is 4.30. The van der Waals surface area contributed by atoms with Crippen LogP contribution in [0.15, 0.2) is 24.3 Å². The Bertz CT molecular complexity index is 638. The minimum atomic E-state index is -0.386. The zero-order valence-corrected chi connectivity index (χ0v) is 12.0. The van der Waals surface area contributed by atoms with E-state index in [0.717, 1.165) is 48.1 Å². The number of carbonyl (C=O) groups is 1. The molecule has 2 heterocycles. The van der Waals surface area contributed by atoms with Crippen LogP contribution in [0.2, 0.25) is 0 Å². The van der Waals surface area contributed by atoms with Crippen molar-refractivity contribution >= 4 is 22.5 Å². The van der Waals surface area contributed by atoms with Crippen molar-refractivity contribution in [1.82, 2.24) is 10.3 Å². The van der Waals surface area contributed by atoms with E-state index in [-0.39, 0.29) is 11.4 Å². The highest BCUT2D eigenvalue weighted by Crippen LogP contribution is 2.26. The summed E-state index contributed by atoms with van der Waals surface area (Å²) in [6.07, 6.45) is 2.81. The number of aromatic amines is 1. The van der Waals surface area contributed by atoms with E-state index in [1.54, 1.807) is 0 Å². The summed E-state index contributed by atoms with van der Waals surface area (Å²) >= 11 is 0. The van der Waals surface area contributed by atoms with Crippen LogP contribution in [0.3, 0.4) is 0 Å². The summed E-state index contributed by atoms with van der Waals surface area (Å²) in [7, 11) is 0. The molecule has 1 aliphatic rings. The molecule has 1 amide bonds. The van der Waals surface area contributed by atoms with Crippen LogP contribution in [0.4, 0.5) is 5.69 Å². The van der Waals surface area contributed by atoms with Gasteiger partial charge in [0.05, 0.1) is 5.54 Å². The SMILES string of the molecule is CCC1(C(=O)Nc2ccc3[nH]c(C)cc3c2)CCCN1. The van der Waals surface area contributed by atoms with Crippen molar-refractivity contribution in [3.8, 4) is 0 Å². The van der Waals surface area contributed by atoms with Gasteiger partial charge in [0.25, 0.3) is 0 Å². The van der Waals surface area contributed by atoms with Gasteiger partial charge in [-0.2, -0.15) is 0 Å². The number of hydrogen-bond donors (Lipinski definition) is 3. The third-order valence-corrected chi connectivity index (χ3v) is 4.30. The first kappa shape index (κ1) is 13.2. The quantitative estimate of drug-likeness (QED) is 0.804. The van der Waals surface area contributed by atoms with Crippen LogP contribution in [-0.2, 0) is 4.79 Å². The molecular weight excluding hydrogens is 250 g/mol. The van der Waals surface area contributed by atoms with Crippen molar-refractivity contribution in [2.75, 3.05) is 11.9 Å². The van der Waals surface area contributed by atoms with Crippen molar-refractivity contribution in [3.63, 3.8) is 0 Å². The lowest BCUT2D eigenvalue weighted by atomic mass is 9.93. The topological polar surface area (TPSA) is 56.9 Å². The normalized spacial score (nSPS) is 22.3. The highest BCUT2D eigenvalue weighted by Gasteiger charge is 2.38. The van der Waals surface area contributed by atoms with Crippen molar-refractivity contribution < 1.29 is 4.79 Å². The van der Waals surface area contributed by atoms with Gasteiger partial charge in [-0.25, -0.2) is 0 Å². The zero-order valence-electron chi connectivity index (χ0n) is 12.0. The average molecular weight is 271 g/mol. The molecule has 1 fully saturated rings. The molecule has 0 saturated carbocycles. The summed E-state index contributed by atoms with van der Waals surface area (Å²) in [6, 6.07) is 8.08. The van der Waals surface area contributed by atoms with Crippen LogP contribution in [0, 0.1) is 6.92 Å². The van der Waals surface area contributed by atoms with Gasteiger partial charge in [0.1, 0.15) is 0 Å². The molecule has 1 atom stereocenters. The second-order valence-corrected chi connectivity index (χ2v) is 5.67. The molecule has 2 aromatic rings. The maximum absolute atomic E-state index is 12.5. The fraction of sp³-hybridized carbons (Fsp3) is 0.438. The molecule has 1 aromatic heterocycles. The molecule has 0 spiro atoms. The maximum Gasteiger partial charge on any atom is 0.244 e. The molecule has 0 bridgehead atoms. The highest BCUT2D eigenvalue weighted by molar-refractivity contribution is 5.99. The van der Waals surface area contributed by atoms with Gasteiger partial charge in [-0.3, -0.25) is 4.79 Å². The van der Waals surface area contributed by atoms with Gasteiger partial charge in [-0.05, 0) is 57.0 Å². The Balaban J connectivity index is 1.83. The first-order chi connectivity index (χ1) is 9.63. The summed E-state index contributed by atoms with van der Waals surface area (Å²) in [4.78, 5) is 15.8. The first-order valence-electron chi connectivity index (χ1n) is 7.29. The Morgan fingerprint density at radius 2 is 2.25 bits per heavy atom. The van der Waals surface area contributed by atoms with E-state index in [2.05, 4.69) is 28.6 Å². The fourth-order valence-electron chi connectivity index (χ4n) is 3.07. The van der Waals surface area contributed by atoms with Gasteiger partial charge >= 0.3 is 0 Å². The van der Waals surface area contributed by atoms with Crippen LogP contribution < -0.4 is 10.6 Å². The number of amides is 1. The highest BCUT2D eigenvalue weighted by atomic mass is 16.2. The van der Waals surface area contributed by atoms with Gasteiger partial charge in [0, 0.05) is 22.3 Å². The number of rotatable bonds is 3. The number of aromatic nitrogens is 1. The van der Waals surface area contributed by atoms with Gasteiger partial charge in [0.15, 0.2) is 0 Å². The van der Waals surface area contributed by atoms with E-state index in [0.29, 0.717) is 0 Å². The second kappa shape index (κ2) is 4.94. The first-order valence-corrected chi connectivity index (χ1v) is 7.29. The molecule has 3 N–H and O–H groups in total. The number of H-pyrrole nitrogens is 1. The van der Waals surface area contributed by atoms with Crippen LogP contribution in [0.1, 0.15) is 31.9 Å². The Kier molecular flexibility index (Phi) is 3.26. The van der Waals surface area contributed by atoms with Gasteiger partial charge < -0.3 is 15.6 Å². The monoisotopic (exact) mass is 271 g/mol. The van der Waals surface area contributed by atoms with Crippen LogP contribution in [0.5, 0.6) is 0 Å². The van der Waals surface area contributed by atoms with E-state index < -0.39 is 0 Å². The summed E-state index contributed by atoms with van der Waals surface area (Å²) in [6.45, 7) is 5.03. The van der Waals surface area contributed by atoms with Crippen LogP contribution >= 0.6 is 0 Å². The molecular formula is C16H21N3O. The Morgan fingerprint density at radius 1 is 1.40 bits per heavy atom. The molecule has 1 saturated heterocycles. The van der Waals surface area contributed by atoms with Crippen molar-refractivity contribution in [3.05, 3.63) is 30.0 Å². The number of carbonyl (C=O) groups excluding carboxylic acids is 1. The number of aryl methyl sites for hydroxylation is 1. The van der Waals surface area contributed by atoms with Gasteiger partial charge in [-0.15, -0.1) is 0 Å². The van der Waals surface area contributed by atoms with Gasteiger partial charge in [0.2, 0.25) is 5.91 Å². The molecule has 4 heteroatoms. The Labute approximate surface area is 118 Å². The number of benzene rings is 1. The molecule has 1 aliphatic heterocycles. The Morgan fingerprint density at radius 3 is 2.95 bits per heavy atom. The summed E-state index contributed by atoms with van der Waals surface area (Å²) < 4.78 is 0. The molecule has 1 aromatic carbocycles. The van der Waals surface area contributed by atoms with Crippen LogP contribution in [-0.4, -0.2) is 23.0 Å². The fourth-order valence-corrected chi connectivity index (χ4v) is 3.07. The van der Waals surface area contributed by atoms with Crippen molar-refractivity contribution in [2.45, 2.75) is 38.6 Å². The smallest absolute Gasteiger partial charge is 0.244 e. The number of nitrogens with one attached hydrogen (secondary N) is 3. The van der Waals surface area contributed by atoms with Crippen molar-refractivity contribution in [2.24, 2.45) is 0 Å². The maximum atomic E-state index is 12.5. The Hall–Kier alpha value is -1.81.